The van der Waals surface area contributed by atoms with Crippen molar-refractivity contribution in [3.05, 3.63) is 17.8 Å². The van der Waals surface area contributed by atoms with Gasteiger partial charge in [-0.25, -0.2) is 4.98 Å². The van der Waals surface area contributed by atoms with E-state index < -0.39 is 0 Å². The van der Waals surface area contributed by atoms with E-state index in [1.54, 1.807) is 6.07 Å². The Morgan fingerprint density at radius 2 is 2.08 bits per heavy atom. The van der Waals surface area contributed by atoms with E-state index in [2.05, 4.69) is 4.98 Å². The van der Waals surface area contributed by atoms with Crippen molar-refractivity contribution >= 4 is 5.82 Å². The number of pyridine rings is 1. The maximum Gasteiger partial charge on any atom is 0.141 e. The summed E-state index contributed by atoms with van der Waals surface area (Å²) in [5.74, 6) is 1.34. The number of rotatable bonds is 2. The van der Waals surface area contributed by atoms with Gasteiger partial charge < -0.3 is 10.5 Å². The third kappa shape index (κ3) is 2.12. The van der Waals surface area contributed by atoms with E-state index in [0.29, 0.717) is 5.82 Å². The molecule has 0 fully saturated rings. The van der Waals surface area contributed by atoms with Crippen molar-refractivity contribution in [2.24, 2.45) is 0 Å². The lowest BCUT2D eigenvalue weighted by Gasteiger charge is -2.11. The highest BCUT2D eigenvalue weighted by Gasteiger charge is 2.02. The summed E-state index contributed by atoms with van der Waals surface area (Å²) in [4.78, 5) is 4.08. The Hall–Kier alpha value is -1.25. The maximum absolute atomic E-state index is 5.49. The average Bonchev–Trinajstić information content (AvgIpc) is 1.94. The third-order valence-electron chi connectivity index (χ3n) is 1.42. The van der Waals surface area contributed by atoms with Crippen molar-refractivity contribution < 1.29 is 4.74 Å². The molecule has 66 valence electrons. The molecule has 0 bridgehead atoms. The van der Waals surface area contributed by atoms with E-state index in [4.69, 9.17) is 10.5 Å². The highest BCUT2D eigenvalue weighted by Crippen LogP contribution is 2.17. The Bertz CT molecular complexity index is 271. The van der Waals surface area contributed by atoms with E-state index in [1.165, 1.54) is 0 Å². The van der Waals surface area contributed by atoms with Crippen molar-refractivity contribution in [1.29, 1.82) is 0 Å². The summed E-state index contributed by atoms with van der Waals surface area (Å²) < 4.78 is 5.48. The van der Waals surface area contributed by atoms with Crippen LogP contribution in [0.25, 0.3) is 0 Å². The van der Waals surface area contributed by atoms with Crippen LogP contribution in [0.15, 0.2) is 12.1 Å². The first-order chi connectivity index (χ1) is 5.59. The van der Waals surface area contributed by atoms with Gasteiger partial charge >= 0.3 is 0 Å². The van der Waals surface area contributed by atoms with Crippen LogP contribution < -0.4 is 10.5 Å². The molecule has 0 amide bonds. The number of hydrogen-bond acceptors (Lipinski definition) is 3. The maximum atomic E-state index is 5.49. The zero-order valence-electron chi connectivity index (χ0n) is 7.66. The molecule has 0 atom stereocenters. The Morgan fingerprint density at radius 1 is 1.42 bits per heavy atom. The summed E-state index contributed by atoms with van der Waals surface area (Å²) in [6.07, 6.45) is 0.175. The van der Waals surface area contributed by atoms with Gasteiger partial charge in [0.1, 0.15) is 11.6 Å². The van der Waals surface area contributed by atoms with Gasteiger partial charge in [0.15, 0.2) is 0 Å². The predicted octanol–water partition coefficient (Wildman–Crippen LogP) is 1.76. The molecule has 2 N–H and O–H groups in total. The van der Waals surface area contributed by atoms with Crippen LogP contribution in [0.5, 0.6) is 5.75 Å². The Balaban J connectivity index is 2.86. The second-order valence-corrected chi connectivity index (χ2v) is 2.99. The Labute approximate surface area is 72.6 Å². The lowest BCUT2D eigenvalue weighted by atomic mass is 10.3. The molecule has 3 nitrogen and oxygen atoms in total. The minimum absolute atomic E-state index is 0.175. The predicted molar refractivity (Wildman–Crippen MR) is 49.2 cm³/mol. The molecule has 0 aliphatic carbocycles. The highest BCUT2D eigenvalue weighted by atomic mass is 16.5. The smallest absolute Gasteiger partial charge is 0.141 e. The SMILES string of the molecule is Cc1nc(N)ccc1OC(C)C. The monoisotopic (exact) mass is 166 g/mol. The van der Waals surface area contributed by atoms with Crippen molar-refractivity contribution in [3.8, 4) is 5.75 Å². The molecule has 0 saturated heterocycles. The van der Waals surface area contributed by atoms with Gasteiger partial charge in [-0.15, -0.1) is 0 Å². The number of nitrogen functional groups attached to an aromatic ring is 1. The van der Waals surface area contributed by atoms with Gasteiger partial charge in [-0.1, -0.05) is 0 Å². The summed E-state index contributed by atoms with van der Waals surface area (Å²) >= 11 is 0. The van der Waals surface area contributed by atoms with Crippen molar-refractivity contribution in [3.63, 3.8) is 0 Å². The average molecular weight is 166 g/mol. The van der Waals surface area contributed by atoms with Crippen molar-refractivity contribution in [2.45, 2.75) is 26.9 Å². The van der Waals surface area contributed by atoms with E-state index in [9.17, 15) is 0 Å². The topological polar surface area (TPSA) is 48.1 Å². The summed E-state index contributed by atoms with van der Waals surface area (Å²) in [5.41, 5.74) is 6.33. The molecular formula is C9H14N2O. The second-order valence-electron chi connectivity index (χ2n) is 2.99. The van der Waals surface area contributed by atoms with Gasteiger partial charge in [0.05, 0.1) is 11.8 Å². The van der Waals surface area contributed by atoms with Crippen LogP contribution in [0, 0.1) is 6.92 Å². The molecule has 3 heteroatoms. The van der Waals surface area contributed by atoms with Crippen molar-refractivity contribution in [1.82, 2.24) is 4.98 Å². The van der Waals surface area contributed by atoms with Crippen LogP contribution >= 0.6 is 0 Å². The molecular weight excluding hydrogens is 152 g/mol. The second kappa shape index (κ2) is 3.43. The van der Waals surface area contributed by atoms with Crippen LogP contribution in [0.2, 0.25) is 0 Å². The van der Waals surface area contributed by atoms with Crippen LogP contribution in [-0.2, 0) is 0 Å². The molecule has 12 heavy (non-hydrogen) atoms. The zero-order valence-corrected chi connectivity index (χ0v) is 7.66. The fraction of sp³-hybridized carbons (Fsp3) is 0.444. The minimum atomic E-state index is 0.175. The molecule has 1 rings (SSSR count). The summed E-state index contributed by atoms with van der Waals surface area (Å²) in [5, 5.41) is 0. The largest absolute Gasteiger partial charge is 0.489 e. The summed E-state index contributed by atoms with van der Waals surface area (Å²) in [6, 6.07) is 3.59. The van der Waals surface area contributed by atoms with Crippen LogP contribution in [0.1, 0.15) is 19.5 Å². The lowest BCUT2D eigenvalue weighted by Crippen LogP contribution is -2.07. The van der Waals surface area contributed by atoms with E-state index in [-0.39, 0.29) is 6.10 Å². The van der Waals surface area contributed by atoms with E-state index >= 15 is 0 Å². The summed E-state index contributed by atoms with van der Waals surface area (Å²) in [7, 11) is 0. The molecule has 0 saturated carbocycles. The molecule has 0 unspecified atom stereocenters. The number of anilines is 1. The number of aryl methyl sites for hydroxylation is 1. The van der Waals surface area contributed by atoms with Gasteiger partial charge in [0.25, 0.3) is 0 Å². The number of aromatic nitrogens is 1. The first-order valence-electron chi connectivity index (χ1n) is 3.99. The third-order valence-corrected chi connectivity index (χ3v) is 1.42. The molecule has 0 aromatic carbocycles. The normalized spacial score (nSPS) is 10.3. The van der Waals surface area contributed by atoms with Gasteiger partial charge in [-0.3, -0.25) is 0 Å². The Morgan fingerprint density at radius 3 is 2.58 bits per heavy atom. The number of nitrogens with zero attached hydrogens (tertiary/aromatic N) is 1. The highest BCUT2D eigenvalue weighted by molar-refractivity contribution is 5.37. The van der Waals surface area contributed by atoms with Crippen LogP contribution in [0.4, 0.5) is 5.82 Å². The van der Waals surface area contributed by atoms with E-state index in [0.717, 1.165) is 11.4 Å². The first-order valence-corrected chi connectivity index (χ1v) is 3.99. The molecule has 1 heterocycles. The lowest BCUT2D eigenvalue weighted by molar-refractivity contribution is 0.239. The number of ether oxygens (including phenoxy) is 1. The standard InChI is InChI=1S/C9H14N2O/c1-6(2)12-8-4-5-9(10)11-7(8)3/h4-6H,1-3H3,(H2,10,11). The van der Waals surface area contributed by atoms with Gasteiger partial charge in [0.2, 0.25) is 0 Å². The summed E-state index contributed by atoms with van der Waals surface area (Å²) in [6.45, 7) is 5.85. The van der Waals surface area contributed by atoms with Crippen molar-refractivity contribution in [2.75, 3.05) is 5.73 Å². The van der Waals surface area contributed by atoms with Gasteiger partial charge in [0, 0.05) is 0 Å². The zero-order chi connectivity index (χ0) is 9.14. The van der Waals surface area contributed by atoms with E-state index in [1.807, 2.05) is 26.8 Å². The van der Waals surface area contributed by atoms with Gasteiger partial charge in [-0.2, -0.15) is 0 Å². The molecule has 0 radical (unpaired) electrons. The Kier molecular flexibility index (Phi) is 2.53. The number of hydrogen-bond donors (Lipinski definition) is 1. The minimum Gasteiger partial charge on any atom is -0.489 e. The molecule has 0 aliphatic rings. The molecule has 0 aliphatic heterocycles. The quantitative estimate of drug-likeness (QED) is 0.728. The fourth-order valence-corrected chi connectivity index (χ4v) is 0.946. The molecule has 1 aromatic rings. The number of nitrogens with two attached hydrogens (primary N) is 1. The van der Waals surface area contributed by atoms with Crippen LogP contribution in [0.3, 0.4) is 0 Å². The fourth-order valence-electron chi connectivity index (χ4n) is 0.946. The van der Waals surface area contributed by atoms with Crippen LogP contribution in [-0.4, -0.2) is 11.1 Å². The first kappa shape index (κ1) is 8.84. The molecule has 1 aromatic heterocycles. The molecule has 0 spiro atoms. The van der Waals surface area contributed by atoms with Gasteiger partial charge in [-0.05, 0) is 32.9 Å².